The summed E-state index contributed by atoms with van der Waals surface area (Å²) < 4.78 is 22.8. The van der Waals surface area contributed by atoms with Crippen molar-refractivity contribution in [3.63, 3.8) is 0 Å². The van der Waals surface area contributed by atoms with Crippen LogP contribution in [0.5, 0.6) is 17.2 Å². The van der Waals surface area contributed by atoms with Gasteiger partial charge in [-0.3, -0.25) is 9.59 Å². The Labute approximate surface area is 277 Å². The molecule has 6 N–H and O–H groups in total. The summed E-state index contributed by atoms with van der Waals surface area (Å²) in [7, 11) is 0. The zero-order valence-electron chi connectivity index (χ0n) is 26.2. The van der Waals surface area contributed by atoms with E-state index in [2.05, 4.69) is 16.6 Å². The van der Waals surface area contributed by atoms with Gasteiger partial charge in [0.1, 0.15) is 29.5 Å². The van der Waals surface area contributed by atoms with Crippen LogP contribution < -0.4 is 20.1 Å². The Morgan fingerprint density at radius 3 is 2.40 bits per heavy atom. The minimum Gasteiger partial charge on any atom is -0.493 e. The van der Waals surface area contributed by atoms with E-state index in [1.165, 1.54) is 12.1 Å². The fourth-order valence-electron chi connectivity index (χ4n) is 5.02. The van der Waals surface area contributed by atoms with E-state index in [4.69, 9.17) is 25.4 Å². The molecule has 48 heavy (non-hydrogen) atoms. The molecule has 1 saturated heterocycles. The molecule has 6 atom stereocenters. The van der Waals surface area contributed by atoms with Gasteiger partial charge in [-0.25, -0.2) is 4.79 Å². The number of carbonyl (C=O) groups excluding carboxylic acids is 2. The van der Waals surface area contributed by atoms with Crippen LogP contribution in [0.3, 0.4) is 0 Å². The Kier molecular flexibility index (Phi) is 12.5. The number of aliphatic hydroxyl groups is 3. The number of carboxylic acid groups (broad SMARTS) is 1. The van der Waals surface area contributed by atoms with Crippen LogP contribution in [0.1, 0.15) is 35.7 Å². The Balaban J connectivity index is 1.44. The number of terminal acetylenes is 1. The van der Waals surface area contributed by atoms with Gasteiger partial charge in [0.15, 0.2) is 0 Å². The van der Waals surface area contributed by atoms with Crippen molar-refractivity contribution in [1.29, 1.82) is 0 Å². The number of ether oxygens (including phenoxy) is 4. The molecular formula is C35H38N2O11. The molecule has 1 heterocycles. The van der Waals surface area contributed by atoms with Gasteiger partial charge in [0.2, 0.25) is 5.91 Å². The van der Waals surface area contributed by atoms with Gasteiger partial charge < -0.3 is 50.0 Å². The molecule has 0 radical (unpaired) electrons. The summed E-state index contributed by atoms with van der Waals surface area (Å²) in [6.45, 7) is 0.718. The predicted molar refractivity (Wildman–Crippen MR) is 171 cm³/mol. The smallest absolute Gasteiger partial charge is 0.364 e. The second kappa shape index (κ2) is 16.7. The van der Waals surface area contributed by atoms with Gasteiger partial charge in [-0.15, -0.1) is 12.3 Å². The first-order valence-corrected chi connectivity index (χ1v) is 15.1. The molecule has 3 aromatic rings. The molecule has 0 bridgehead atoms. The third-order valence-corrected chi connectivity index (χ3v) is 7.46. The first-order chi connectivity index (χ1) is 23.0. The highest BCUT2D eigenvalue weighted by Crippen LogP contribution is 2.34. The highest BCUT2D eigenvalue weighted by molar-refractivity contribution is 5.94. The number of carbonyl (C=O) groups is 3. The number of benzene rings is 3. The van der Waals surface area contributed by atoms with Crippen molar-refractivity contribution in [2.24, 2.45) is 0 Å². The molecule has 13 nitrogen and oxygen atoms in total. The lowest BCUT2D eigenvalue weighted by molar-refractivity contribution is -0.314. The molecular weight excluding hydrogens is 624 g/mol. The van der Waals surface area contributed by atoms with Crippen molar-refractivity contribution in [2.45, 2.75) is 62.6 Å². The fourth-order valence-corrected chi connectivity index (χ4v) is 5.02. The summed E-state index contributed by atoms with van der Waals surface area (Å²) in [5.74, 6) is -1.30. The van der Waals surface area contributed by atoms with E-state index < -0.39 is 67.0 Å². The van der Waals surface area contributed by atoms with E-state index in [9.17, 15) is 34.8 Å². The van der Waals surface area contributed by atoms with Gasteiger partial charge in [0, 0.05) is 31.9 Å². The van der Waals surface area contributed by atoms with Crippen molar-refractivity contribution >= 4 is 17.8 Å². The third-order valence-electron chi connectivity index (χ3n) is 7.46. The summed E-state index contributed by atoms with van der Waals surface area (Å²) in [4.78, 5) is 37.4. The van der Waals surface area contributed by atoms with Gasteiger partial charge in [-0.2, -0.15) is 0 Å². The van der Waals surface area contributed by atoms with Crippen molar-refractivity contribution in [1.82, 2.24) is 10.6 Å². The second-order valence-corrected chi connectivity index (χ2v) is 11.1. The Hall–Kier alpha value is -4.97. The normalized spacial score (nSPS) is 21.6. The number of para-hydroxylation sites is 1. The van der Waals surface area contributed by atoms with Crippen molar-refractivity contribution in [2.75, 3.05) is 13.2 Å². The first-order valence-electron chi connectivity index (χ1n) is 15.1. The molecule has 0 saturated carbocycles. The van der Waals surface area contributed by atoms with E-state index >= 15 is 0 Å². The number of carboxylic acids is 1. The lowest BCUT2D eigenvalue weighted by Crippen LogP contribution is -2.68. The Bertz CT molecular complexity index is 1580. The SMILES string of the molecule is C#CCCOc1ccc(CO[C@]2(C(=O)O)C[C@H](O)[C@@H](NC(C)=O)[C@H]([C@H](O)[C@H](O)CNC(=O)c3cccc(Oc4ccccc4)c3)O2)cc1. The third kappa shape index (κ3) is 9.54. The van der Waals surface area contributed by atoms with Crippen molar-refractivity contribution in [3.8, 4) is 29.6 Å². The van der Waals surface area contributed by atoms with Crippen LogP contribution >= 0.6 is 0 Å². The van der Waals surface area contributed by atoms with Crippen LogP contribution in [0.15, 0.2) is 78.9 Å². The molecule has 2 amide bonds. The number of aliphatic hydroxyl groups excluding tert-OH is 3. The van der Waals surface area contributed by atoms with Crippen molar-refractivity contribution < 1.29 is 53.8 Å². The molecule has 4 rings (SSSR count). The van der Waals surface area contributed by atoms with E-state index in [1.807, 2.05) is 6.07 Å². The van der Waals surface area contributed by atoms with Gasteiger partial charge in [0.05, 0.1) is 31.5 Å². The number of aliphatic carboxylic acids is 1. The zero-order chi connectivity index (χ0) is 34.7. The molecule has 3 aromatic carbocycles. The lowest BCUT2D eigenvalue weighted by atomic mass is 9.88. The van der Waals surface area contributed by atoms with Gasteiger partial charge >= 0.3 is 5.97 Å². The standard InChI is InChI=1S/C35H38N2O11/c1-3-4-17-45-25-15-13-23(14-16-25)21-46-35(34(43)44)19-28(39)30(37-22(2)38)32(48-35)31(41)29(40)20-36-33(42)24-9-8-12-27(18-24)47-26-10-6-5-7-11-26/h1,5-16,18,28-32,39-41H,4,17,19-21H2,2H3,(H,36,42)(H,37,38)(H,43,44)/t28-,29+,30+,31+,32+,35+/m0/s1. The number of nitrogens with one attached hydrogen (secondary N) is 2. The summed E-state index contributed by atoms with van der Waals surface area (Å²) in [5.41, 5.74) is 0.746. The molecule has 1 aliphatic heterocycles. The first kappa shape index (κ1) is 35.9. The van der Waals surface area contributed by atoms with E-state index in [0.717, 1.165) is 6.92 Å². The minimum absolute atomic E-state index is 0.205. The van der Waals surface area contributed by atoms with E-state index in [1.54, 1.807) is 60.7 Å². The molecule has 254 valence electrons. The monoisotopic (exact) mass is 662 g/mol. The Morgan fingerprint density at radius 1 is 1.02 bits per heavy atom. The minimum atomic E-state index is -2.47. The van der Waals surface area contributed by atoms with Gasteiger partial charge in [-0.1, -0.05) is 36.4 Å². The summed E-state index contributed by atoms with van der Waals surface area (Å²) in [6.07, 6.45) is -1.82. The molecule has 0 unspecified atom stereocenters. The number of hydrogen-bond acceptors (Lipinski definition) is 10. The predicted octanol–water partition coefficient (Wildman–Crippen LogP) is 1.98. The highest BCUT2D eigenvalue weighted by Gasteiger charge is 2.55. The highest BCUT2D eigenvalue weighted by atomic mass is 16.7. The van der Waals surface area contributed by atoms with Crippen LogP contribution in [-0.2, 0) is 25.7 Å². The summed E-state index contributed by atoms with van der Waals surface area (Å²) >= 11 is 0. The number of hydrogen-bond donors (Lipinski definition) is 6. The lowest BCUT2D eigenvalue weighted by Gasteiger charge is -2.46. The van der Waals surface area contributed by atoms with Gasteiger partial charge in [0.25, 0.3) is 11.7 Å². The van der Waals surface area contributed by atoms with E-state index in [0.29, 0.717) is 35.8 Å². The number of amides is 2. The molecule has 0 aromatic heterocycles. The topological polar surface area (TPSA) is 193 Å². The maximum Gasteiger partial charge on any atom is 0.364 e. The van der Waals surface area contributed by atoms with Crippen LogP contribution in [0.25, 0.3) is 0 Å². The molecule has 0 aliphatic carbocycles. The Morgan fingerprint density at radius 2 is 1.73 bits per heavy atom. The van der Waals surface area contributed by atoms with Crippen LogP contribution in [0, 0.1) is 12.3 Å². The zero-order valence-corrected chi connectivity index (χ0v) is 26.2. The van der Waals surface area contributed by atoms with Crippen LogP contribution in [-0.4, -0.2) is 87.6 Å². The van der Waals surface area contributed by atoms with E-state index in [-0.39, 0.29) is 12.2 Å². The second-order valence-electron chi connectivity index (χ2n) is 11.1. The fraction of sp³-hybridized carbons (Fsp3) is 0.343. The maximum atomic E-state index is 12.9. The number of rotatable bonds is 15. The largest absolute Gasteiger partial charge is 0.493 e. The average Bonchev–Trinajstić information content (AvgIpc) is 3.07. The van der Waals surface area contributed by atoms with Crippen LogP contribution in [0.4, 0.5) is 0 Å². The molecule has 0 spiro atoms. The van der Waals surface area contributed by atoms with Crippen LogP contribution in [0.2, 0.25) is 0 Å². The van der Waals surface area contributed by atoms with Gasteiger partial charge in [-0.05, 0) is 48.0 Å². The molecule has 1 fully saturated rings. The quantitative estimate of drug-likeness (QED) is 0.103. The summed E-state index contributed by atoms with van der Waals surface area (Å²) in [6, 6.07) is 20.5. The molecule has 13 heteroatoms. The average molecular weight is 663 g/mol. The maximum absolute atomic E-state index is 12.9. The summed E-state index contributed by atoms with van der Waals surface area (Å²) in [5, 5.41) is 48.2. The van der Waals surface area contributed by atoms with Crippen molar-refractivity contribution in [3.05, 3.63) is 90.0 Å². The molecule has 1 aliphatic rings.